The molecule has 1 unspecified atom stereocenters. The minimum absolute atomic E-state index is 0.0511. The van der Waals surface area contributed by atoms with Gasteiger partial charge in [-0.15, -0.1) is 6.58 Å². The molecule has 1 aromatic carbocycles. The van der Waals surface area contributed by atoms with Crippen LogP contribution in [0.1, 0.15) is 84.1 Å². The van der Waals surface area contributed by atoms with E-state index in [1.54, 1.807) is 12.1 Å². The first-order valence-electron chi connectivity index (χ1n) is 8.23. The van der Waals surface area contributed by atoms with Crippen LogP contribution < -0.4 is 0 Å². The summed E-state index contributed by atoms with van der Waals surface area (Å²) in [6.45, 7) is 5.81. The van der Waals surface area contributed by atoms with E-state index in [4.69, 9.17) is 0 Å². The van der Waals surface area contributed by atoms with E-state index in [9.17, 15) is 19.8 Å². The van der Waals surface area contributed by atoms with Crippen molar-refractivity contribution in [3.8, 4) is 0 Å². The summed E-state index contributed by atoms with van der Waals surface area (Å²) >= 11 is 0. The molecular formula is C19H26O4. The lowest BCUT2D eigenvalue weighted by Crippen LogP contribution is -2.14. The number of rotatable bonds is 11. The summed E-state index contributed by atoms with van der Waals surface area (Å²) in [7, 11) is 0. The van der Waals surface area contributed by atoms with Crippen LogP contribution >= 0.6 is 0 Å². The van der Waals surface area contributed by atoms with Crippen LogP contribution in [-0.2, 0) is 0 Å². The Morgan fingerprint density at radius 3 is 2.39 bits per heavy atom. The highest BCUT2D eigenvalue weighted by atomic mass is 16.4. The number of carboxylic acid groups (broad SMARTS) is 2. The zero-order chi connectivity index (χ0) is 17.2. The molecule has 23 heavy (non-hydrogen) atoms. The van der Waals surface area contributed by atoms with Gasteiger partial charge >= 0.3 is 11.9 Å². The van der Waals surface area contributed by atoms with Gasteiger partial charge in [0, 0.05) is 0 Å². The lowest BCUT2D eigenvalue weighted by atomic mass is 9.84. The summed E-state index contributed by atoms with van der Waals surface area (Å²) in [6, 6.07) is 4.78. The molecule has 4 heteroatoms. The van der Waals surface area contributed by atoms with E-state index in [-0.39, 0.29) is 17.0 Å². The average molecular weight is 318 g/mol. The molecule has 0 aliphatic carbocycles. The second-order valence-corrected chi connectivity index (χ2v) is 5.79. The monoisotopic (exact) mass is 318 g/mol. The molecule has 1 aromatic rings. The molecule has 1 rings (SSSR count). The summed E-state index contributed by atoms with van der Waals surface area (Å²) in [5, 5.41) is 18.8. The summed E-state index contributed by atoms with van der Waals surface area (Å²) in [6.07, 6.45) is 8.62. The highest BCUT2D eigenvalue weighted by molar-refractivity contribution is 6.02. The van der Waals surface area contributed by atoms with Crippen LogP contribution in [0.15, 0.2) is 30.9 Å². The number of hydrogen-bond donors (Lipinski definition) is 2. The predicted octanol–water partition coefficient (Wildman–Crippen LogP) is 5.10. The second-order valence-electron chi connectivity index (χ2n) is 5.79. The van der Waals surface area contributed by atoms with Crippen LogP contribution in [0, 0.1) is 0 Å². The van der Waals surface area contributed by atoms with Gasteiger partial charge in [0.15, 0.2) is 0 Å². The van der Waals surface area contributed by atoms with E-state index >= 15 is 0 Å². The van der Waals surface area contributed by atoms with E-state index in [0.717, 1.165) is 44.9 Å². The van der Waals surface area contributed by atoms with Crippen LogP contribution in [0.25, 0.3) is 0 Å². The molecule has 2 N–H and O–H groups in total. The number of unbranched alkanes of at least 4 members (excludes halogenated alkanes) is 3. The van der Waals surface area contributed by atoms with Crippen molar-refractivity contribution in [1.82, 2.24) is 0 Å². The minimum Gasteiger partial charge on any atom is -0.478 e. The SMILES string of the molecule is C=CCCCCC(CCCC)c1cccc(C(=O)O)c1C(=O)O. The van der Waals surface area contributed by atoms with Gasteiger partial charge in [-0.1, -0.05) is 44.4 Å². The van der Waals surface area contributed by atoms with Crippen molar-refractivity contribution in [3.63, 3.8) is 0 Å². The summed E-state index contributed by atoms with van der Waals surface area (Å²) in [5.74, 6) is -2.26. The fourth-order valence-corrected chi connectivity index (χ4v) is 2.91. The largest absolute Gasteiger partial charge is 0.478 e. The zero-order valence-electron chi connectivity index (χ0n) is 13.8. The third-order valence-corrected chi connectivity index (χ3v) is 4.10. The maximum Gasteiger partial charge on any atom is 0.336 e. The molecule has 126 valence electrons. The van der Waals surface area contributed by atoms with E-state index in [1.807, 2.05) is 6.08 Å². The Hall–Kier alpha value is -2.10. The van der Waals surface area contributed by atoms with Crippen LogP contribution in [0.4, 0.5) is 0 Å². The topological polar surface area (TPSA) is 74.6 Å². The molecule has 0 radical (unpaired) electrons. The van der Waals surface area contributed by atoms with Gasteiger partial charge in [-0.2, -0.15) is 0 Å². The Bertz CT molecular complexity index is 548. The Balaban J connectivity index is 3.12. The van der Waals surface area contributed by atoms with E-state index in [2.05, 4.69) is 13.5 Å². The number of carbonyl (C=O) groups is 2. The Morgan fingerprint density at radius 1 is 1.13 bits per heavy atom. The molecule has 0 aliphatic heterocycles. The Labute approximate surface area is 137 Å². The lowest BCUT2D eigenvalue weighted by Gasteiger charge is -2.20. The van der Waals surface area contributed by atoms with E-state index in [0.29, 0.717) is 5.56 Å². The van der Waals surface area contributed by atoms with Gasteiger partial charge in [0.25, 0.3) is 0 Å². The molecule has 0 saturated heterocycles. The van der Waals surface area contributed by atoms with Gasteiger partial charge in [-0.3, -0.25) is 0 Å². The second kappa shape index (κ2) is 9.82. The van der Waals surface area contributed by atoms with Crippen molar-refractivity contribution in [2.24, 2.45) is 0 Å². The first-order valence-corrected chi connectivity index (χ1v) is 8.23. The molecule has 0 aromatic heterocycles. The quantitative estimate of drug-likeness (QED) is 0.439. The summed E-state index contributed by atoms with van der Waals surface area (Å²) in [5.41, 5.74) is 0.483. The van der Waals surface area contributed by atoms with Gasteiger partial charge in [-0.25, -0.2) is 9.59 Å². The Morgan fingerprint density at radius 2 is 1.83 bits per heavy atom. The minimum atomic E-state index is -1.19. The van der Waals surface area contributed by atoms with Crippen molar-refractivity contribution in [2.75, 3.05) is 0 Å². The van der Waals surface area contributed by atoms with Gasteiger partial charge < -0.3 is 10.2 Å². The van der Waals surface area contributed by atoms with Crippen molar-refractivity contribution in [3.05, 3.63) is 47.5 Å². The molecule has 0 aliphatic rings. The van der Waals surface area contributed by atoms with Crippen molar-refractivity contribution < 1.29 is 19.8 Å². The van der Waals surface area contributed by atoms with Crippen LogP contribution in [0.5, 0.6) is 0 Å². The van der Waals surface area contributed by atoms with Crippen LogP contribution in [-0.4, -0.2) is 22.2 Å². The molecule has 0 saturated carbocycles. The highest BCUT2D eigenvalue weighted by Crippen LogP contribution is 2.32. The normalized spacial score (nSPS) is 11.9. The Kier molecular flexibility index (Phi) is 8.09. The number of benzene rings is 1. The highest BCUT2D eigenvalue weighted by Gasteiger charge is 2.24. The fourth-order valence-electron chi connectivity index (χ4n) is 2.91. The van der Waals surface area contributed by atoms with Gasteiger partial charge in [0.1, 0.15) is 0 Å². The molecule has 0 amide bonds. The molecule has 1 atom stereocenters. The first kappa shape index (κ1) is 18.9. The average Bonchev–Trinajstić information content (AvgIpc) is 2.53. The number of carboxylic acids is 2. The standard InChI is InChI=1S/C19H26O4/c1-3-5-7-8-11-14(10-6-4-2)15-12-9-13-16(18(20)21)17(15)19(22)23/h3,9,12-14H,1,4-8,10-11H2,2H3,(H,20,21)(H,22,23). The maximum absolute atomic E-state index is 11.6. The summed E-state index contributed by atoms with van der Waals surface area (Å²) < 4.78 is 0. The predicted molar refractivity (Wildman–Crippen MR) is 91.3 cm³/mol. The zero-order valence-corrected chi connectivity index (χ0v) is 13.8. The third-order valence-electron chi connectivity index (χ3n) is 4.10. The van der Waals surface area contributed by atoms with E-state index in [1.165, 1.54) is 6.07 Å². The fraction of sp³-hybridized carbons (Fsp3) is 0.474. The molecular weight excluding hydrogens is 292 g/mol. The van der Waals surface area contributed by atoms with Crippen molar-refractivity contribution >= 4 is 11.9 Å². The number of allylic oxidation sites excluding steroid dienone is 1. The summed E-state index contributed by atoms with van der Waals surface area (Å²) in [4.78, 5) is 23.0. The van der Waals surface area contributed by atoms with Crippen molar-refractivity contribution in [1.29, 1.82) is 0 Å². The smallest absolute Gasteiger partial charge is 0.336 e. The molecule has 0 bridgehead atoms. The lowest BCUT2D eigenvalue weighted by molar-refractivity contribution is 0.0650. The van der Waals surface area contributed by atoms with Crippen LogP contribution in [0.3, 0.4) is 0 Å². The third kappa shape index (κ3) is 5.55. The maximum atomic E-state index is 11.6. The van der Waals surface area contributed by atoms with Crippen molar-refractivity contribution in [2.45, 2.75) is 57.8 Å². The molecule has 0 heterocycles. The van der Waals surface area contributed by atoms with Gasteiger partial charge in [0.05, 0.1) is 11.1 Å². The van der Waals surface area contributed by atoms with E-state index < -0.39 is 11.9 Å². The first-order chi connectivity index (χ1) is 11.0. The number of aromatic carboxylic acids is 2. The molecule has 4 nitrogen and oxygen atoms in total. The molecule has 0 fully saturated rings. The van der Waals surface area contributed by atoms with Crippen LogP contribution in [0.2, 0.25) is 0 Å². The molecule has 0 spiro atoms. The number of hydrogen-bond acceptors (Lipinski definition) is 2. The van der Waals surface area contributed by atoms with Gasteiger partial charge in [0.2, 0.25) is 0 Å². The van der Waals surface area contributed by atoms with Gasteiger partial charge in [-0.05, 0) is 43.2 Å².